The molecule has 0 bridgehead atoms. The minimum Gasteiger partial charge on any atom is -0.339 e. The summed E-state index contributed by atoms with van der Waals surface area (Å²) in [5.74, 6) is -2.20. The molecule has 9 nitrogen and oxygen atoms in total. The molecule has 0 spiro atoms. The van der Waals surface area contributed by atoms with Crippen molar-refractivity contribution in [3.05, 3.63) is 107 Å². The number of amides is 3. The number of nitriles is 1. The fourth-order valence-electron chi connectivity index (χ4n) is 5.44. The Morgan fingerprint density at radius 3 is 2.43 bits per heavy atom. The Bertz CT molecular complexity index is 1780. The molecule has 3 amide bonds. The molecule has 0 saturated heterocycles. The van der Waals surface area contributed by atoms with Crippen LogP contribution in [0.15, 0.2) is 78.9 Å². The lowest BCUT2D eigenvalue weighted by atomic mass is 9.81. The number of halogens is 3. The van der Waals surface area contributed by atoms with Crippen molar-refractivity contribution in [1.82, 2.24) is 15.1 Å². The molecule has 12 heteroatoms. The first-order chi connectivity index (χ1) is 21.0. The maximum atomic E-state index is 14.2. The topological polar surface area (TPSA) is 120 Å². The zero-order valence-electron chi connectivity index (χ0n) is 23.7. The molecule has 1 aliphatic heterocycles. The van der Waals surface area contributed by atoms with Gasteiger partial charge in [-0.05, 0) is 61.9 Å². The van der Waals surface area contributed by atoms with E-state index in [2.05, 4.69) is 10.6 Å². The number of likely N-dealkylation sites (N-methyl/N-ethyl adjacent to an activating group) is 1. The average Bonchev–Trinajstić information content (AvgIpc) is 3.34. The number of nitrogens with zero attached hydrogens (tertiary/aromatic N) is 4. The van der Waals surface area contributed by atoms with Gasteiger partial charge in [0.15, 0.2) is 0 Å². The van der Waals surface area contributed by atoms with E-state index in [0.717, 1.165) is 18.2 Å². The van der Waals surface area contributed by atoms with Crippen LogP contribution in [-0.4, -0.2) is 40.1 Å². The number of anilines is 2. The molecule has 224 valence electrons. The summed E-state index contributed by atoms with van der Waals surface area (Å²) in [5, 5.41) is 19.0. The normalized spacial score (nSPS) is 16.2. The van der Waals surface area contributed by atoms with Crippen LogP contribution in [0.5, 0.6) is 0 Å². The Labute approximate surface area is 250 Å². The minimum atomic E-state index is -4.66. The van der Waals surface area contributed by atoms with Crippen LogP contribution >= 0.6 is 0 Å². The smallest absolute Gasteiger partial charge is 0.339 e. The maximum absolute atomic E-state index is 14.2. The van der Waals surface area contributed by atoms with E-state index in [0.29, 0.717) is 34.0 Å². The molecule has 5 rings (SSSR count). The average molecular weight is 601 g/mol. The van der Waals surface area contributed by atoms with Crippen molar-refractivity contribution >= 4 is 29.2 Å². The number of hydrogen-bond donors (Lipinski definition) is 2. The van der Waals surface area contributed by atoms with Gasteiger partial charge in [-0.25, -0.2) is 4.68 Å². The molecule has 0 unspecified atom stereocenters. The second kappa shape index (κ2) is 12.0. The zero-order valence-corrected chi connectivity index (χ0v) is 23.7. The van der Waals surface area contributed by atoms with Crippen LogP contribution < -0.4 is 15.5 Å². The predicted molar refractivity (Wildman–Crippen MR) is 156 cm³/mol. The van der Waals surface area contributed by atoms with Crippen LogP contribution in [0.3, 0.4) is 0 Å². The van der Waals surface area contributed by atoms with E-state index in [4.69, 9.17) is 10.4 Å². The van der Waals surface area contributed by atoms with E-state index >= 15 is 0 Å². The zero-order chi connectivity index (χ0) is 31.6. The van der Waals surface area contributed by atoms with Gasteiger partial charge in [0.05, 0.1) is 23.0 Å². The van der Waals surface area contributed by atoms with Crippen molar-refractivity contribution in [3.63, 3.8) is 0 Å². The monoisotopic (exact) mass is 600 g/mol. The van der Waals surface area contributed by atoms with E-state index in [1.807, 2.05) is 30.3 Å². The Morgan fingerprint density at radius 2 is 1.75 bits per heavy atom. The van der Waals surface area contributed by atoms with Crippen molar-refractivity contribution in [2.24, 2.45) is 0 Å². The van der Waals surface area contributed by atoms with Gasteiger partial charge >= 0.3 is 6.18 Å². The number of alkyl halides is 3. The molecule has 2 atom stereocenters. The van der Waals surface area contributed by atoms with Crippen LogP contribution in [0, 0.1) is 18.3 Å². The molecule has 0 fully saturated rings. The molecule has 3 aromatic carbocycles. The van der Waals surface area contributed by atoms with Gasteiger partial charge in [0.25, 0.3) is 11.8 Å². The molecule has 44 heavy (non-hydrogen) atoms. The lowest BCUT2D eigenvalue weighted by Crippen LogP contribution is -2.55. The van der Waals surface area contributed by atoms with Crippen molar-refractivity contribution in [2.45, 2.75) is 38.4 Å². The summed E-state index contributed by atoms with van der Waals surface area (Å²) in [4.78, 5) is 41.3. The Balaban J connectivity index is 1.66. The highest BCUT2D eigenvalue weighted by Gasteiger charge is 2.45. The van der Waals surface area contributed by atoms with Crippen LogP contribution in [-0.2, 0) is 15.8 Å². The highest BCUT2D eigenvalue weighted by molar-refractivity contribution is 6.05. The third-order valence-electron chi connectivity index (χ3n) is 7.34. The Hall–Kier alpha value is -5.44. The lowest BCUT2D eigenvalue weighted by molar-refractivity contribution is -0.137. The first-order valence-electron chi connectivity index (χ1n) is 13.7. The van der Waals surface area contributed by atoms with Gasteiger partial charge in [-0.15, -0.1) is 0 Å². The van der Waals surface area contributed by atoms with Crippen LogP contribution in [0.25, 0.3) is 5.69 Å². The maximum Gasteiger partial charge on any atom is 0.416 e. The quantitative estimate of drug-likeness (QED) is 0.297. The van der Waals surface area contributed by atoms with Crippen molar-refractivity contribution in [1.29, 1.82) is 5.26 Å². The molecule has 0 radical (unpaired) electrons. The number of carbonyl (C=O) groups is 3. The fraction of sp³-hybridized carbons (Fsp3) is 0.219. The van der Waals surface area contributed by atoms with Gasteiger partial charge in [0.2, 0.25) is 5.91 Å². The molecule has 1 aromatic heterocycles. The van der Waals surface area contributed by atoms with Crippen LogP contribution in [0.2, 0.25) is 0 Å². The van der Waals surface area contributed by atoms with Crippen molar-refractivity contribution in [2.75, 3.05) is 16.8 Å². The number of nitrogens with one attached hydrogen (secondary N) is 2. The number of para-hydroxylation sites is 1. The number of benzene rings is 3. The predicted octanol–water partition coefficient (Wildman–Crippen LogP) is 5.35. The molecular weight excluding hydrogens is 573 g/mol. The van der Waals surface area contributed by atoms with E-state index in [1.54, 1.807) is 48.9 Å². The molecule has 0 aliphatic carbocycles. The summed E-state index contributed by atoms with van der Waals surface area (Å²) in [5.41, 5.74) is 1.55. The summed E-state index contributed by atoms with van der Waals surface area (Å²) in [6.07, 6.45) is -5.02. The lowest BCUT2D eigenvalue weighted by Gasteiger charge is -2.38. The third-order valence-corrected chi connectivity index (χ3v) is 7.34. The van der Waals surface area contributed by atoms with Gasteiger partial charge in [-0.1, -0.05) is 36.4 Å². The molecule has 2 N–H and O–H groups in total. The second-order valence-electron chi connectivity index (χ2n) is 10.2. The number of aromatic nitrogens is 2. The van der Waals surface area contributed by atoms with Gasteiger partial charge in [0.1, 0.15) is 18.3 Å². The number of fused-ring (bicyclic) bond motifs is 1. The number of hydrogen-bond acceptors (Lipinski definition) is 5. The summed E-state index contributed by atoms with van der Waals surface area (Å²) in [7, 11) is 0. The largest absolute Gasteiger partial charge is 0.416 e. The van der Waals surface area contributed by atoms with Crippen LogP contribution in [0.1, 0.15) is 52.0 Å². The number of carbonyl (C=O) groups excluding carboxylic acids is 3. The summed E-state index contributed by atoms with van der Waals surface area (Å²) in [6.45, 7) is 3.77. The molecule has 2 heterocycles. The first kappa shape index (κ1) is 30.0. The SMILES string of the molecule is CCN1C(=O)[C@H](NC(=O)c2cccc(C(F)(F)F)c2)[C@@H](c2cccc(NC(=O)CC#N)c2)c2c(C)nn(-c3ccccc3)c21. The van der Waals surface area contributed by atoms with Gasteiger partial charge in [-0.2, -0.15) is 23.5 Å². The van der Waals surface area contributed by atoms with Gasteiger partial charge in [-0.3, -0.25) is 19.3 Å². The summed E-state index contributed by atoms with van der Waals surface area (Å²) >= 11 is 0. The summed E-state index contributed by atoms with van der Waals surface area (Å²) < 4.78 is 41.9. The second-order valence-corrected chi connectivity index (χ2v) is 10.2. The highest BCUT2D eigenvalue weighted by Crippen LogP contribution is 2.44. The first-order valence-corrected chi connectivity index (χ1v) is 13.7. The number of rotatable bonds is 7. The Morgan fingerprint density at radius 1 is 1.02 bits per heavy atom. The standard InChI is InChI=1S/C32H27F3N6O3/c1-3-40-30-26(19(2)39-41(30)24-13-5-4-6-14-24)27(20-9-8-12-23(18-20)37-25(42)15-16-36)28(31(40)44)38-29(43)21-10-7-11-22(17-21)32(33,34)35/h4-14,17-18,27-28H,3,15H2,1-2H3,(H,37,42)(H,38,43)/t27-,28+/m0/s1. The highest BCUT2D eigenvalue weighted by atomic mass is 19.4. The van der Waals surface area contributed by atoms with E-state index in [1.165, 1.54) is 11.0 Å². The van der Waals surface area contributed by atoms with Crippen LogP contribution in [0.4, 0.5) is 24.7 Å². The Kier molecular flexibility index (Phi) is 8.22. The van der Waals surface area contributed by atoms with E-state index in [-0.39, 0.29) is 18.5 Å². The fourth-order valence-corrected chi connectivity index (χ4v) is 5.44. The van der Waals surface area contributed by atoms with Gasteiger partial charge in [0, 0.05) is 29.3 Å². The molecular formula is C32H27F3N6O3. The minimum absolute atomic E-state index is 0.219. The molecule has 1 aliphatic rings. The third kappa shape index (κ3) is 5.76. The summed E-state index contributed by atoms with van der Waals surface area (Å²) in [6, 6.07) is 20.4. The van der Waals surface area contributed by atoms with E-state index < -0.39 is 41.4 Å². The van der Waals surface area contributed by atoms with Gasteiger partial charge < -0.3 is 10.6 Å². The molecule has 4 aromatic rings. The van der Waals surface area contributed by atoms with E-state index in [9.17, 15) is 27.6 Å². The molecule has 0 saturated carbocycles. The van der Waals surface area contributed by atoms with Crippen molar-refractivity contribution in [3.8, 4) is 11.8 Å². The van der Waals surface area contributed by atoms with Crippen molar-refractivity contribution < 1.29 is 27.6 Å². The number of aryl methyl sites for hydroxylation is 1.